The van der Waals surface area contributed by atoms with E-state index in [4.69, 9.17) is 23.7 Å². The van der Waals surface area contributed by atoms with Crippen LogP contribution in [0.4, 0.5) is 0 Å². The Balaban J connectivity index is 2.44. The van der Waals surface area contributed by atoms with Crippen molar-refractivity contribution >= 4 is 29.8 Å². The Bertz CT molecular complexity index is 859. The minimum Gasteiger partial charge on any atom is -0.463 e. The van der Waals surface area contributed by atoms with E-state index < -0.39 is 67.0 Å². The number of carbonyl (C=O) groups is 5. The van der Waals surface area contributed by atoms with Crippen molar-refractivity contribution in [3.63, 3.8) is 0 Å². The average Bonchev–Trinajstić information content (AvgIpc) is 2.70. The molecule has 1 N–H and O–H groups in total. The van der Waals surface area contributed by atoms with Gasteiger partial charge in [0.2, 0.25) is 6.29 Å². The van der Waals surface area contributed by atoms with Crippen LogP contribution in [-0.2, 0) is 42.9 Å². The van der Waals surface area contributed by atoms with Crippen LogP contribution in [0.15, 0.2) is 24.5 Å². The van der Waals surface area contributed by atoms with E-state index in [0.29, 0.717) is 0 Å². The van der Waals surface area contributed by atoms with Gasteiger partial charge in [0.1, 0.15) is 18.8 Å². The summed E-state index contributed by atoms with van der Waals surface area (Å²) in [5, 5.41) is 2.58. The molecule has 1 aliphatic heterocycles. The molecule has 0 aromatic carbocycles. The van der Waals surface area contributed by atoms with E-state index in [0.717, 1.165) is 27.7 Å². The summed E-state index contributed by atoms with van der Waals surface area (Å²) in [5.41, 5.74) is 0.168. The number of nitrogens with one attached hydrogen (secondary N) is 1. The second-order valence-corrected chi connectivity index (χ2v) is 6.84. The Hall–Kier alpha value is -3.54. The van der Waals surface area contributed by atoms with Crippen molar-refractivity contribution in [2.24, 2.45) is 0 Å². The highest BCUT2D eigenvalue weighted by Crippen LogP contribution is 2.28. The number of ether oxygens (including phenoxy) is 5. The maximum atomic E-state index is 12.7. The van der Waals surface area contributed by atoms with Crippen molar-refractivity contribution in [2.75, 3.05) is 6.61 Å². The van der Waals surface area contributed by atoms with Crippen LogP contribution in [0.1, 0.15) is 38.1 Å². The average molecular weight is 452 g/mol. The number of carbonyl (C=O) groups excluding carboxylic acids is 5. The smallest absolute Gasteiger partial charge is 0.305 e. The number of hydrogen-bond acceptors (Lipinski definition) is 11. The van der Waals surface area contributed by atoms with E-state index in [1.807, 2.05) is 0 Å². The number of aromatic nitrogens is 1. The van der Waals surface area contributed by atoms with Gasteiger partial charge in [-0.3, -0.25) is 29.0 Å². The first-order valence-electron chi connectivity index (χ1n) is 9.59. The molecule has 0 radical (unpaired) electrons. The first-order valence-corrected chi connectivity index (χ1v) is 9.59. The van der Waals surface area contributed by atoms with Gasteiger partial charge >= 0.3 is 23.9 Å². The lowest BCUT2D eigenvalue weighted by Crippen LogP contribution is -2.67. The maximum Gasteiger partial charge on any atom is 0.305 e. The highest BCUT2D eigenvalue weighted by atomic mass is 16.7. The molecule has 12 nitrogen and oxygen atoms in total. The Morgan fingerprint density at radius 2 is 1.56 bits per heavy atom. The summed E-state index contributed by atoms with van der Waals surface area (Å²) < 4.78 is 26.5. The van der Waals surface area contributed by atoms with Crippen LogP contribution in [0.5, 0.6) is 0 Å². The summed E-state index contributed by atoms with van der Waals surface area (Å²) in [7, 11) is 0. The zero-order valence-electron chi connectivity index (χ0n) is 17.9. The second kappa shape index (κ2) is 11.2. The van der Waals surface area contributed by atoms with Gasteiger partial charge in [-0.2, -0.15) is 0 Å². The summed E-state index contributed by atoms with van der Waals surface area (Å²) in [6.45, 7) is 4.11. The van der Waals surface area contributed by atoms with Gasteiger partial charge in [-0.25, -0.2) is 0 Å². The predicted octanol–water partition coefficient (Wildman–Crippen LogP) is -0.105. The van der Waals surface area contributed by atoms with Gasteiger partial charge in [0.05, 0.1) is 5.56 Å². The van der Waals surface area contributed by atoms with Gasteiger partial charge < -0.3 is 29.0 Å². The number of hydrogen-bond donors (Lipinski definition) is 1. The predicted molar refractivity (Wildman–Crippen MR) is 104 cm³/mol. The molecule has 2 rings (SSSR count). The maximum absolute atomic E-state index is 12.7. The van der Waals surface area contributed by atoms with Crippen LogP contribution in [0.25, 0.3) is 0 Å². The third kappa shape index (κ3) is 7.01. The van der Waals surface area contributed by atoms with E-state index in [-0.39, 0.29) is 5.56 Å². The number of rotatable bonds is 7. The fraction of sp³-hybridized carbons (Fsp3) is 0.500. The molecule has 0 saturated carbocycles. The highest BCUT2D eigenvalue weighted by Gasteiger charge is 2.52. The minimum absolute atomic E-state index is 0.168. The molecule has 0 bridgehead atoms. The minimum atomic E-state index is -1.45. The van der Waals surface area contributed by atoms with Crippen molar-refractivity contribution in [1.29, 1.82) is 0 Å². The Morgan fingerprint density at radius 3 is 2.09 bits per heavy atom. The monoisotopic (exact) mass is 452 g/mol. The SMILES string of the molecule is CC(=O)OC[C@@H]1O[C@H](OC(C)=O)[C@@H](NC(=O)c2cccnc2)[C@@H](OC(C)=O)[C@@H]1OC(C)=O. The van der Waals surface area contributed by atoms with Gasteiger partial charge in [-0.15, -0.1) is 0 Å². The Morgan fingerprint density at radius 1 is 0.938 bits per heavy atom. The van der Waals surface area contributed by atoms with Gasteiger partial charge in [0.25, 0.3) is 5.91 Å². The lowest BCUT2D eigenvalue weighted by atomic mass is 9.95. The molecule has 1 aromatic rings. The van der Waals surface area contributed by atoms with Crippen LogP contribution in [0.2, 0.25) is 0 Å². The van der Waals surface area contributed by atoms with Crippen molar-refractivity contribution in [3.8, 4) is 0 Å². The molecule has 1 aliphatic rings. The largest absolute Gasteiger partial charge is 0.463 e. The third-order valence-corrected chi connectivity index (χ3v) is 4.20. The summed E-state index contributed by atoms with van der Waals surface area (Å²) in [5.74, 6) is -3.54. The molecule has 0 unspecified atom stereocenters. The molecule has 5 atom stereocenters. The van der Waals surface area contributed by atoms with Crippen LogP contribution in [0, 0.1) is 0 Å². The quantitative estimate of drug-likeness (QED) is 0.435. The lowest BCUT2D eigenvalue weighted by molar-refractivity contribution is -0.270. The Labute approximate surface area is 183 Å². The van der Waals surface area contributed by atoms with E-state index in [1.165, 1.54) is 24.5 Å². The molecule has 12 heteroatoms. The zero-order chi connectivity index (χ0) is 23.8. The molecule has 1 amide bonds. The van der Waals surface area contributed by atoms with Crippen LogP contribution >= 0.6 is 0 Å². The molecule has 1 saturated heterocycles. The van der Waals surface area contributed by atoms with E-state index >= 15 is 0 Å². The third-order valence-electron chi connectivity index (χ3n) is 4.20. The van der Waals surface area contributed by atoms with Crippen LogP contribution in [0.3, 0.4) is 0 Å². The zero-order valence-corrected chi connectivity index (χ0v) is 17.9. The molecule has 1 fully saturated rings. The standard InChI is InChI=1S/C20H24N2O10/c1-10(23)28-9-15-17(29-11(2)24)18(30-12(3)25)16(20(32-15)31-13(4)26)22-19(27)14-6-5-7-21-8-14/h5-8,15-18,20H,9H2,1-4H3,(H,22,27)/t15-,16-,17+,18+,20-/m0/s1. The topological polar surface area (TPSA) is 156 Å². The van der Waals surface area contributed by atoms with Gasteiger partial charge in [0.15, 0.2) is 12.2 Å². The first-order chi connectivity index (χ1) is 15.1. The molecular weight excluding hydrogens is 428 g/mol. The Kier molecular flexibility index (Phi) is 8.64. The van der Waals surface area contributed by atoms with Crippen molar-refractivity contribution in [3.05, 3.63) is 30.1 Å². The fourth-order valence-electron chi connectivity index (χ4n) is 3.05. The van der Waals surface area contributed by atoms with Crippen molar-refractivity contribution in [2.45, 2.75) is 58.3 Å². The number of amides is 1. The van der Waals surface area contributed by atoms with Crippen LogP contribution in [-0.4, -0.2) is 72.0 Å². The molecule has 32 heavy (non-hydrogen) atoms. The number of pyridine rings is 1. The lowest BCUT2D eigenvalue weighted by Gasteiger charge is -2.44. The summed E-state index contributed by atoms with van der Waals surface area (Å²) in [4.78, 5) is 63.1. The molecule has 1 aromatic heterocycles. The van der Waals surface area contributed by atoms with Crippen LogP contribution < -0.4 is 5.32 Å². The highest BCUT2D eigenvalue weighted by molar-refractivity contribution is 5.94. The van der Waals surface area contributed by atoms with Gasteiger partial charge in [-0.05, 0) is 12.1 Å². The van der Waals surface area contributed by atoms with Crippen molar-refractivity contribution < 1.29 is 47.7 Å². The van der Waals surface area contributed by atoms with E-state index in [1.54, 1.807) is 0 Å². The van der Waals surface area contributed by atoms with Gasteiger partial charge in [0, 0.05) is 40.1 Å². The number of nitrogens with zero attached hydrogens (tertiary/aromatic N) is 1. The summed E-state index contributed by atoms with van der Waals surface area (Å²) in [6.07, 6.45) is -2.47. The normalized spacial score (nSPS) is 24.6. The first kappa shape index (κ1) is 24.7. The molecule has 0 spiro atoms. The number of esters is 4. The molecular formula is C20H24N2O10. The fourth-order valence-corrected chi connectivity index (χ4v) is 3.05. The molecule has 0 aliphatic carbocycles. The van der Waals surface area contributed by atoms with E-state index in [2.05, 4.69) is 10.3 Å². The molecule has 2 heterocycles. The summed E-state index contributed by atoms with van der Waals surface area (Å²) in [6, 6.07) is 1.75. The summed E-state index contributed by atoms with van der Waals surface area (Å²) >= 11 is 0. The van der Waals surface area contributed by atoms with Crippen molar-refractivity contribution in [1.82, 2.24) is 10.3 Å². The van der Waals surface area contributed by atoms with Gasteiger partial charge in [-0.1, -0.05) is 0 Å². The molecule has 174 valence electrons. The van der Waals surface area contributed by atoms with E-state index in [9.17, 15) is 24.0 Å². The second-order valence-electron chi connectivity index (χ2n) is 6.84.